The first kappa shape index (κ1) is 19.4. The van der Waals surface area contributed by atoms with E-state index in [-0.39, 0.29) is 24.4 Å². The quantitative estimate of drug-likeness (QED) is 0.786. The van der Waals surface area contributed by atoms with Crippen molar-refractivity contribution < 1.29 is 9.53 Å². The number of nitrogens with two attached hydrogens (primary N) is 1. The normalized spacial score (nSPS) is 15.9. The summed E-state index contributed by atoms with van der Waals surface area (Å²) in [5, 5.41) is 10.1. The van der Waals surface area contributed by atoms with Crippen molar-refractivity contribution >= 4 is 20.7 Å². The number of aliphatic hydroxyl groups excluding tert-OH is 1. The van der Waals surface area contributed by atoms with Gasteiger partial charge in [0.15, 0.2) is 0 Å². The van der Waals surface area contributed by atoms with Crippen LogP contribution in [-0.4, -0.2) is 19.5 Å². The summed E-state index contributed by atoms with van der Waals surface area (Å²) >= 11 is 0. The van der Waals surface area contributed by atoms with Crippen molar-refractivity contribution in [1.82, 2.24) is 0 Å². The Morgan fingerprint density at radius 3 is 2.10 bits per heavy atom. The van der Waals surface area contributed by atoms with E-state index in [4.69, 9.17) is 10.2 Å². The Morgan fingerprint density at radius 1 is 1.20 bits per heavy atom. The van der Waals surface area contributed by atoms with Crippen LogP contribution in [0.2, 0.25) is 19.6 Å². The molecule has 0 fully saturated rings. The van der Waals surface area contributed by atoms with Crippen LogP contribution in [0.4, 0.5) is 0 Å². The molecule has 0 aliphatic rings. The van der Waals surface area contributed by atoms with E-state index < -0.39 is 14.4 Å². The van der Waals surface area contributed by atoms with Crippen LogP contribution in [0.15, 0.2) is 24.3 Å². The summed E-state index contributed by atoms with van der Waals surface area (Å²) in [4.78, 5) is 0. The maximum atomic E-state index is 10.1. The predicted octanol–water partition coefficient (Wildman–Crippen LogP) is 3.73. The summed E-state index contributed by atoms with van der Waals surface area (Å²) in [7, 11) is -1.57. The average Bonchev–Trinajstić information content (AvgIpc) is 2.35. The van der Waals surface area contributed by atoms with Crippen molar-refractivity contribution in [3.8, 4) is 5.75 Å². The van der Waals surface area contributed by atoms with Crippen molar-refractivity contribution in [2.24, 2.45) is 11.7 Å². The van der Waals surface area contributed by atoms with Gasteiger partial charge in [-0.25, -0.2) is 0 Å². The van der Waals surface area contributed by atoms with Crippen molar-refractivity contribution in [2.45, 2.75) is 52.1 Å². The third kappa shape index (κ3) is 5.83. The molecule has 3 atom stereocenters. The molecule has 1 unspecified atom stereocenters. The lowest BCUT2D eigenvalue weighted by molar-refractivity contribution is 0.0880. The van der Waals surface area contributed by atoms with Crippen LogP contribution < -0.4 is 10.2 Å². The average molecular weight is 318 g/mol. The van der Waals surface area contributed by atoms with E-state index in [0.29, 0.717) is 0 Å². The predicted molar refractivity (Wildman–Crippen MR) is 90.1 cm³/mol. The van der Waals surface area contributed by atoms with Gasteiger partial charge in [0.2, 0.25) is 8.32 Å². The molecular weight excluding hydrogens is 290 g/mol. The van der Waals surface area contributed by atoms with E-state index in [1.165, 1.54) is 0 Å². The lowest BCUT2D eigenvalue weighted by atomic mass is 9.92. The van der Waals surface area contributed by atoms with Crippen LogP contribution >= 0.6 is 12.4 Å². The summed E-state index contributed by atoms with van der Waals surface area (Å²) in [5.74, 6) is 1.08. The van der Waals surface area contributed by atoms with Crippen molar-refractivity contribution in [2.75, 3.05) is 0 Å². The van der Waals surface area contributed by atoms with Crippen LogP contribution in [0.5, 0.6) is 5.75 Å². The Kier molecular flexibility index (Phi) is 7.81. The maximum absolute atomic E-state index is 10.1. The second-order valence-electron chi connectivity index (χ2n) is 6.19. The summed E-state index contributed by atoms with van der Waals surface area (Å²) in [6.45, 7) is 10.5. The van der Waals surface area contributed by atoms with Crippen LogP contribution in [0.3, 0.4) is 0 Å². The van der Waals surface area contributed by atoms with Crippen LogP contribution in [0, 0.1) is 5.92 Å². The van der Waals surface area contributed by atoms with Crippen molar-refractivity contribution in [3.05, 3.63) is 29.8 Å². The van der Waals surface area contributed by atoms with E-state index >= 15 is 0 Å². The summed E-state index contributed by atoms with van der Waals surface area (Å²) in [6, 6.07) is 7.45. The number of hydrogen-bond donors (Lipinski definition) is 2. The second kappa shape index (κ2) is 8.03. The third-order valence-electron chi connectivity index (χ3n) is 3.28. The van der Waals surface area contributed by atoms with Gasteiger partial charge in [0.25, 0.3) is 0 Å². The fourth-order valence-corrected chi connectivity index (χ4v) is 2.75. The molecule has 0 aliphatic heterocycles. The van der Waals surface area contributed by atoms with Gasteiger partial charge < -0.3 is 15.3 Å². The second-order valence-corrected chi connectivity index (χ2v) is 10.6. The van der Waals surface area contributed by atoms with Gasteiger partial charge in [-0.05, 0) is 43.3 Å². The molecule has 0 aliphatic carbocycles. The maximum Gasteiger partial charge on any atom is 0.242 e. The molecule has 1 aromatic rings. The highest BCUT2D eigenvalue weighted by molar-refractivity contribution is 6.70. The first-order valence-corrected chi connectivity index (χ1v) is 10.4. The smallest absolute Gasteiger partial charge is 0.242 e. The van der Waals surface area contributed by atoms with Gasteiger partial charge in [0, 0.05) is 0 Å². The zero-order valence-electron chi connectivity index (χ0n) is 13.1. The van der Waals surface area contributed by atoms with Gasteiger partial charge in [0.05, 0.1) is 12.1 Å². The topological polar surface area (TPSA) is 55.5 Å². The largest absolute Gasteiger partial charge is 0.544 e. The van der Waals surface area contributed by atoms with Gasteiger partial charge in [-0.2, -0.15) is 0 Å². The first-order chi connectivity index (χ1) is 8.74. The van der Waals surface area contributed by atoms with Gasteiger partial charge >= 0.3 is 0 Å². The van der Waals surface area contributed by atoms with Crippen LogP contribution in [0.1, 0.15) is 31.9 Å². The molecular formula is C15H28ClNO2Si. The van der Waals surface area contributed by atoms with Gasteiger partial charge in [-0.3, -0.25) is 0 Å². The fourth-order valence-electron chi connectivity index (χ4n) is 1.90. The van der Waals surface area contributed by atoms with Crippen LogP contribution in [0.25, 0.3) is 0 Å². The number of halogens is 1. The minimum Gasteiger partial charge on any atom is -0.544 e. The summed E-state index contributed by atoms with van der Waals surface area (Å²) < 4.78 is 5.90. The lowest BCUT2D eigenvalue weighted by Gasteiger charge is -2.25. The van der Waals surface area contributed by atoms with E-state index in [2.05, 4.69) is 26.6 Å². The number of benzene rings is 1. The lowest BCUT2D eigenvalue weighted by Crippen LogP contribution is -2.31. The molecule has 20 heavy (non-hydrogen) atoms. The third-order valence-corrected chi connectivity index (χ3v) is 4.13. The fraction of sp³-hybridized carbons (Fsp3) is 0.600. The highest BCUT2D eigenvalue weighted by atomic mass is 35.5. The van der Waals surface area contributed by atoms with E-state index in [1.54, 1.807) is 0 Å². The zero-order valence-corrected chi connectivity index (χ0v) is 14.9. The van der Waals surface area contributed by atoms with Gasteiger partial charge in [-0.15, -0.1) is 12.4 Å². The van der Waals surface area contributed by atoms with Crippen LogP contribution in [-0.2, 0) is 0 Å². The highest BCUT2D eigenvalue weighted by Crippen LogP contribution is 2.24. The minimum absolute atomic E-state index is 0. The molecule has 0 bridgehead atoms. The number of rotatable bonds is 6. The molecule has 0 amide bonds. The Bertz CT molecular complexity index is 392. The molecule has 116 valence electrons. The monoisotopic (exact) mass is 317 g/mol. The minimum atomic E-state index is -1.57. The molecule has 0 saturated heterocycles. The Labute approximate surface area is 130 Å². The van der Waals surface area contributed by atoms with Gasteiger partial charge in [0.1, 0.15) is 5.75 Å². The molecule has 0 radical (unpaired) electrons. The SMILES string of the molecule is CCC(C)[C@H](O)[C@H](N)c1ccc(O[Si](C)(C)C)cc1.Cl. The molecule has 3 nitrogen and oxygen atoms in total. The van der Waals surface area contributed by atoms with E-state index in [0.717, 1.165) is 17.7 Å². The van der Waals surface area contributed by atoms with Crippen molar-refractivity contribution in [3.63, 3.8) is 0 Å². The molecule has 1 rings (SSSR count). The highest BCUT2D eigenvalue weighted by Gasteiger charge is 2.22. The van der Waals surface area contributed by atoms with Crippen molar-refractivity contribution in [1.29, 1.82) is 0 Å². The van der Waals surface area contributed by atoms with E-state index in [1.807, 2.05) is 31.2 Å². The summed E-state index contributed by atoms with van der Waals surface area (Å²) in [6.07, 6.45) is 0.417. The molecule has 3 N–H and O–H groups in total. The number of aliphatic hydroxyl groups is 1. The molecule has 1 aromatic carbocycles. The summed E-state index contributed by atoms with van der Waals surface area (Å²) in [5.41, 5.74) is 7.06. The zero-order chi connectivity index (χ0) is 14.6. The van der Waals surface area contributed by atoms with Gasteiger partial charge in [-0.1, -0.05) is 32.4 Å². The molecule has 0 heterocycles. The Hall–Kier alpha value is -0.553. The molecule has 0 aromatic heterocycles. The molecule has 5 heteroatoms. The Morgan fingerprint density at radius 2 is 1.70 bits per heavy atom. The number of hydrogen-bond acceptors (Lipinski definition) is 3. The molecule has 0 saturated carbocycles. The molecule has 0 spiro atoms. The van der Waals surface area contributed by atoms with E-state index in [9.17, 15) is 5.11 Å². The Balaban J connectivity index is 0.00000361. The first-order valence-electron chi connectivity index (χ1n) is 6.97. The standard InChI is InChI=1S/C15H27NO2Si.ClH/c1-6-11(2)15(17)14(16)12-7-9-13(10-8-12)18-19(3,4)5;/h7-11,14-15,17H,6,16H2,1-5H3;1H/t11?,14-,15+;/m1./s1.